The third kappa shape index (κ3) is 2.92. The van der Waals surface area contributed by atoms with Crippen molar-refractivity contribution < 1.29 is 4.79 Å². The summed E-state index contributed by atoms with van der Waals surface area (Å²) in [5.41, 5.74) is 3.40. The van der Waals surface area contributed by atoms with Gasteiger partial charge in [-0.2, -0.15) is 0 Å². The Kier molecular flexibility index (Phi) is 4.28. The molecule has 0 saturated carbocycles. The number of carbonyl (C=O) groups is 1. The van der Waals surface area contributed by atoms with Crippen molar-refractivity contribution in [2.75, 3.05) is 0 Å². The highest BCUT2D eigenvalue weighted by Gasteiger charge is 2.16. The normalized spacial score (nSPS) is 11.0. The molecule has 4 nitrogen and oxygen atoms in total. The van der Waals surface area contributed by atoms with E-state index in [0.29, 0.717) is 16.6 Å². The summed E-state index contributed by atoms with van der Waals surface area (Å²) in [7, 11) is 1.94. The SMILES string of the molecule is Cc1cccc2nc(CNC(=O)c3c(Cl)cccc3Cl)n(C)c12. The molecule has 2 aromatic carbocycles. The predicted octanol–water partition coefficient (Wildman–Crippen LogP) is 4.12. The number of nitrogens with zero attached hydrogens (tertiary/aromatic N) is 2. The molecule has 23 heavy (non-hydrogen) atoms. The first-order valence-corrected chi connectivity index (χ1v) is 7.87. The largest absolute Gasteiger partial charge is 0.345 e. The lowest BCUT2D eigenvalue weighted by molar-refractivity contribution is 0.0950. The molecule has 1 amide bonds. The minimum absolute atomic E-state index is 0.283. The fourth-order valence-electron chi connectivity index (χ4n) is 2.63. The smallest absolute Gasteiger partial charge is 0.254 e. The second kappa shape index (κ2) is 6.22. The fraction of sp³-hybridized carbons (Fsp3) is 0.176. The standard InChI is InChI=1S/C17H15Cl2N3O/c1-10-5-3-8-13-16(10)22(2)14(21-13)9-20-17(23)15-11(18)6-4-7-12(15)19/h3-8H,9H2,1-2H3,(H,20,23). The molecule has 0 aliphatic carbocycles. The van der Waals surface area contributed by atoms with Crippen molar-refractivity contribution in [3.63, 3.8) is 0 Å². The van der Waals surface area contributed by atoms with Crippen molar-refractivity contribution in [3.8, 4) is 0 Å². The number of nitrogens with one attached hydrogen (secondary N) is 1. The molecule has 1 heterocycles. The zero-order valence-corrected chi connectivity index (χ0v) is 14.2. The lowest BCUT2D eigenvalue weighted by atomic mass is 10.2. The minimum Gasteiger partial charge on any atom is -0.345 e. The topological polar surface area (TPSA) is 46.9 Å². The van der Waals surface area contributed by atoms with Gasteiger partial charge in [-0.25, -0.2) is 4.98 Å². The molecule has 0 aliphatic heterocycles. The second-order valence-electron chi connectivity index (χ2n) is 5.31. The van der Waals surface area contributed by atoms with Crippen molar-refractivity contribution in [3.05, 3.63) is 63.4 Å². The van der Waals surface area contributed by atoms with E-state index in [1.165, 1.54) is 0 Å². The van der Waals surface area contributed by atoms with Gasteiger partial charge in [0, 0.05) is 7.05 Å². The summed E-state index contributed by atoms with van der Waals surface area (Å²) in [5, 5.41) is 3.49. The molecule has 0 saturated heterocycles. The van der Waals surface area contributed by atoms with E-state index < -0.39 is 0 Å². The van der Waals surface area contributed by atoms with E-state index in [9.17, 15) is 4.79 Å². The number of para-hydroxylation sites is 1. The molecule has 3 aromatic rings. The van der Waals surface area contributed by atoms with Crippen LogP contribution >= 0.6 is 23.2 Å². The molecule has 0 bridgehead atoms. The molecule has 0 radical (unpaired) electrons. The first-order chi connectivity index (χ1) is 11.0. The van der Waals surface area contributed by atoms with Gasteiger partial charge in [-0.1, -0.05) is 41.4 Å². The Bertz CT molecular complexity index is 882. The number of rotatable bonds is 3. The van der Waals surface area contributed by atoms with Crippen LogP contribution in [-0.4, -0.2) is 15.5 Å². The average Bonchev–Trinajstić information content (AvgIpc) is 2.82. The van der Waals surface area contributed by atoms with Crippen LogP contribution in [0.5, 0.6) is 0 Å². The van der Waals surface area contributed by atoms with Crippen LogP contribution in [0.15, 0.2) is 36.4 Å². The highest BCUT2D eigenvalue weighted by atomic mass is 35.5. The Morgan fingerprint density at radius 3 is 2.48 bits per heavy atom. The first kappa shape index (κ1) is 15.8. The Balaban J connectivity index is 1.85. The van der Waals surface area contributed by atoms with Crippen molar-refractivity contribution in [1.29, 1.82) is 0 Å². The molecular formula is C17H15Cl2N3O. The van der Waals surface area contributed by atoms with Crippen LogP contribution in [0.25, 0.3) is 11.0 Å². The number of fused-ring (bicyclic) bond motifs is 1. The van der Waals surface area contributed by atoms with Gasteiger partial charge in [0.05, 0.1) is 33.2 Å². The lowest BCUT2D eigenvalue weighted by Gasteiger charge is -2.08. The van der Waals surface area contributed by atoms with E-state index in [2.05, 4.69) is 10.3 Å². The lowest BCUT2D eigenvalue weighted by Crippen LogP contribution is -2.25. The summed E-state index contributed by atoms with van der Waals surface area (Å²) in [6.07, 6.45) is 0. The highest BCUT2D eigenvalue weighted by Crippen LogP contribution is 2.24. The maximum absolute atomic E-state index is 12.3. The molecule has 1 N–H and O–H groups in total. The quantitative estimate of drug-likeness (QED) is 0.774. The number of benzene rings is 2. The van der Waals surface area contributed by atoms with Gasteiger partial charge in [-0.3, -0.25) is 4.79 Å². The molecule has 0 unspecified atom stereocenters. The maximum Gasteiger partial charge on any atom is 0.254 e. The molecule has 3 rings (SSSR count). The summed E-state index contributed by atoms with van der Waals surface area (Å²) < 4.78 is 1.99. The van der Waals surface area contributed by atoms with Gasteiger partial charge >= 0.3 is 0 Å². The van der Waals surface area contributed by atoms with Crippen LogP contribution in [0.1, 0.15) is 21.7 Å². The minimum atomic E-state index is -0.315. The van der Waals surface area contributed by atoms with Gasteiger partial charge in [0.15, 0.2) is 0 Å². The molecule has 6 heteroatoms. The van der Waals surface area contributed by atoms with E-state index in [0.717, 1.165) is 22.4 Å². The first-order valence-electron chi connectivity index (χ1n) is 7.12. The van der Waals surface area contributed by atoms with E-state index in [-0.39, 0.29) is 11.5 Å². The number of amides is 1. The van der Waals surface area contributed by atoms with Crippen LogP contribution < -0.4 is 5.32 Å². The van der Waals surface area contributed by atoms with Crippen LogP contribution in [0.3, 0.4) is 0 Å². The van der Waals surface area contributed by atoms with Gasteiger partial charge in [0.1, 0.15) is 5.82 Å². The van der Waals surface area contributed by atoms with E-state index in [1.807, 2.05) is 36.7 Å². The summed E-state index contributed by atoms with van der Waals surface area (Å²) in [6.45, 7) is 2.33. The molecule has 1 aromatic heterocycles. The second-order valence-corrected chi connectivity index (χ2v) is 6.12. The number of halogens is 2. The van der Waals surface area contributed by atoms with E-state index >= 15 is 0 Å². The van der Waals surface area contributed by atoms with E-state index in [4.69, 9.17) is 23.2 Å². The van der Waals surface area contributed by atoms with Crippen LogP contribution in [-0.2, 0) is 13.6 Å². The number of imidazole rings is 1. The molecule has 0 spiro atoms. The summed E-state index contributed by atoms with van der Waals surface area (Å²) >= 11 is 12.1. The van der Waals surface area contributed by atoms with Gasteiger partial charge in [0.25, 0.3) is 5.91 Å². The number of carbonyl (C=O) groups excluding carboxylic acids is 1. The van der Waals surface area contributed by atoms with Crippen molar-refractivity contribution in [1.82, 2.24) is 14.9 Å². The summed E-state index contributed by atoms with van der Waals surface area (Å²) in [5.74, 6) is 0.454. The van der Waals surface area contributed by atoms with Gasteiger partial charge in [-0.15, -0.1) is 0 Å². The number of hydrogen-bond acceptors (Lipinski definition) is 2. The Labute approximate surface area is 144 Å². The molecule has 0 atom stereocenters. The van der Waals surface area contributed by atoms with E-state index in [1.54, 1.807) is 18.2 Å². The zero-order chi connectivity index (χ0) is 16.6. The Morgan fingerprint density at radius 1 is 1.17 bits per heavy atom. The zero-order valence-electron chi connectivity index (χ0n) is 12.7. The Morgan fingerprint density at radius 2 is 1.83 bits per heavy atom. The number of aryl methyl sites for hydroxylation is 2. The van der Waals surface area contributed by atoms with Gasteiger partial charge < -0.3 is 9.88 Å². The average molecular weight is 348 g/mol. The van der Waals surface area contributed by atoms with Crippen molar-refractivity contribution in [2.24, 2.45) is 7.05 Å². The molecule has 0 fully saturated rings. The molecular weight excluding hydrogens is 333 g/mol. The van der Waals surface area contributed by atoms with Gasteiger partial charge in [-0.05, 0) is 30.7 Å². The van der Waals surface area contributed by atoms with Gasteiger partial charge in [0.2, 0.25) is 0 Å². The maximum atomic E-state index is 12.3. The van der Waals surface area contributed by atoms with Crippen LogP contribution in [0, 0.1) is 6.92 Å². The third-order valence-corrected chi connectivity index (χ3v) is 4.42. The monoisotopic (exact) mass is 347 g/mol. The number of aromatic nitrogens is 2. The van der Waals surface area contributed by atoms with Crippen LogP contribution in [0.2, 0.25) is 10.0 Å². The number of hydrogen-bond donors (Lipinski definition) is 1. The molecule has 0 aliphatic rings. The highest BCUT2D eigenvalue weighted by molar-refractivity contribution is 6.39. The van der Waals surface area contributed by atoms with Crippen molar-refractivity contribution in [2.45, 2.75) is 13.5 Å². The van der Waals surface area contributed by atoms with Crippen molar-refractivity contribution >= 4 is 40.1 Å². The third-order valence-electron chi connectivity index (χ3n) is 3.79. The predicted molar refractivity (Wildman–Crippen MR) is 93.1 cm³/mol. The molecule has 118 valence electrons. The van der Waals surface area contributed by atoms with Crippen LogP contribution in [0.4, 0.5) is 0 Å². The summed E-state index contributed by atoms with van der Waals surface area (Å²) in [6, 6.07) is 10.9. The summed E-state index contributed by atoms with van der Waals surface area (Å²) in [4.78, 5) is 16.9. The fourth-order valence-corrected chi connectivity index (χ4v) is 3.20. The Hall–Kier alpha value is -2.04.